The highest BCUT2D eigenvalue weighted by molar-refractivity contribution is 8.89. The summed E-state index contributed by atoms with van der Waals surface area (Å²) in [5.41, 5.74) is 0. The van der Waals surface area contributed by atoms with Gasteiger partial charge in [-0.15, -0.1) is 0 Å². The van der Waals surface area contributed by atoms with E-state index < -0.39 is 0 Å². The molecule has 12 heavy (non-hydrogen) atoms. The molecule has 0 N–H and O–H groups in total. The van der Waals surface area contributed by atoms with Crippen LogP contribution >= 0.6 is 31.5 Å². The molecule has 0 bridgehead atoms. The third-order valence-corrected chi connectivity index (χ3v) is 4.03. The summed E-state index contributed by atoms with van der Waals surface area (Å²) in [6.07, 6.45) is 7.15. The summed E-state index contributed by atoms with van der Waals surface area (Å²) in [4.78, 5) is 11.2. The molecule has 1 fully saturated rings. The lowest BCUT2D eigenvalue weighted by Gasteiger charge is -2.19. The van der Waals surface area contributed by atoms with Crippen LogP contribution in [0.15, 0.2) is 0 Å². The minimum atomic E-state index is 0.238. The summed E-state index contributed by atoms with van der Waals surface area (Å²) in [6.45, 7) is 0. The minimum absolute atomic E-state index is 0.238. The van der Waals surface area contributed by atoms with Gasteiger partial charge >= 0.3 is 0 Å². The molecule has 0 spiro atoms. The SMILES string of the molecule is O=C(CC1CCCCC1)SSCl. The van der Waals surface area contributed by atoms with E-state index in [0.717, 1.165) is 16.4 Å². The van der Waals surface area contributed by atoms with E-state index >= 15 is 0 Å². The first-order valence-electron chi connectivity index (χ1n) is 4.31. The molecule has 1 aliphatic carbocycles. The molecule has 0 saturated heterocycles. The fourth-order valence-electron chi connectivity index (χ4n) is 1.70. The lowest BCUT2D eigenvalue weighted by Crippen LogP contribution is -2.09. The third-order valence-electron chi connectivity index (χ3n) is 2.30. The molecule has 0 unspecified atom stereocenters. The van der Waals surface area contributed by atoms with Crippen LogP contribution in [0.25, 0.3) is 0 Å². The average Bonchev–Trinajstić information content (AvgIpc) is 2.06. The first-order chi connectivity index (χ1) is 5.83. The van der Waals surface area contributed by atoms with Crippen molar-refractivity contribution in [3.8, 4) is 0 Å². The van der Waals surface area contributed by atoms with E-state index in [1.54, 1.807) is 0 Å². The molecule has 0 atom stereocenters. The Morgan fingerprint density at radius 3 is 2.58 bits per heavy atom. The maximum Gasteiger partial charge on any atom is 0.200 e. The summed E-state index contributed by atoms with van der Waals surface area (Å²) in [5.74, 6) is 0.641. The summed E-state index contributed by atoms with van der Waals surface area (Å²) in [6, 6.07) is 0. The Hall–Kier alpha value is 0.660. The lowest BCUT2D eigenvalue weighted by atomic mass is 9.87. The Labute approximate surface area is 85.9 Å². The average molecular weight is 225 g/mol. The smallest absolute Gasteiger partial charge is 0.200 e. The van der Waals surface area contributed by atoms with Gasteiger partial charge in [-0.2, -0.15) is 0 Å². The lowest BCUT2D eigenvalue weighted by molar-refractivity contribution is -0.111. The molecule has 1 rings (SSSR count). The van der Waals surface area contributed by atoms with Crippen LogP contribution in [0.1, 0.15) is 38.5 Å². The first-order valence-corrected chi connectivity index (χ1v) is 7.28. The fraction of sp³-hybridized carbons (Fsp3) is 0.875. The second-order valence-electron chi connectivity index (χ2n) is 3.23. The fourth-order valence-corrected chi connectivity index (χ4v) is 3.12. The van der Waals surface area contributed by atoms with Crippen LogP contribution in [0.4, 0.5) is 0 Å². The minimum Gasteiger partial charge on any atom is -0.286 e. The number of carbonyl (C=O) groups is 1. The molecular formula is C8H13ClOS2. The molecule has 1 nitrogen and oxygen atoms in total. The highest BCUT2D eigenvalue weighted by Crippen LogP contribution is 2.32. The highest BCUT2D eigenvalue weighted by atomic mass is 35.7. The van der Waals surface area contributed by atoms with Crippen LogP contribution in [0.5, 0.6) is 0 Å². The van der Waals surface area contributed by atoms with Crippen LogP contribution in [0.2, 0.25) is 0 Å². The van der Waals surface area contributed by atoms with Crippen molar-refractivity contribution < 1.29 is 4.79 Å². The molecule has 4 heteroatoms. The van der Waals surface area contributed by atoms with Crippen molar-refractivity contribution in [3.05, 3.63) is 0 Å². The Morgan fingerprint density at radius 1 is 1.33 bits per heavy atom. The third kappa shape index (κ3) is 4.06. The zero-order valence-electron chi connectivity index (χ0n) is 6.92. The number of hydrogen-bond donors (Lipinski definition) is 0. The maximum absolute atomic E-state index is 11.2. The molecule has 1 aliphatic rings. The topological polar surface area (TPSA) is 17.1 Å². The molecule has 0 aromatic rings. The van der Waals surface area contributed by atoms with Crippen LogP contribution in [-0.4, -0.2) is 5.12 Å². The van der Waals surface area contributed by atoms with E-state index in [-0.39, 0.29) is 5.12 Å². The van der Waals surface area contributed by atoms with Crippen molar-refractivity contribution in [3.63, 3.8) is 0 Å². The van der Waals surface area contributed by atoms with Crippen molar-refractivity contribution in [2.75, 3.05) is 0 Å². The molecule has 0 radical (unpaired) electrons. The number of halogens is 1. The predicted octanol–water partition coefficient (Wildman–Crippen LogP) is 4.02. The number of rotatable bonds is 3. The van der Waals surface area contributed by atoms with Crippen molar-refractivity contribution in [1.29, 1.82) is 0 Å². The monoisotopic (exact) mass is 224 g/mol. The van der Waals surface area contributed by atoms with Gasteiger partial charge in [0.2, 0.25) is 5.12 Å². The van der Waals surface area contributed by atoms with E-state index in [2.05, 4.69) is 0 Å². The van der Waals surface area contributed by atoms with Gasteiger partial charge in [0.25, 0.3) is 0 Å². The number of carbonyl (C=O) groups excluding carboxylic acids is 1. The largest absolute Gasteiger partial charge is 0.286 e. The van der Waals surface area contributed by atoms with E-state index in [1.165, 1.54) is 42.9 Å². The van der Waals surface area contributed by atoms with Gasteiger partial charge in [0, 0.05) is 16.4 Å². The molecule has 0 amide bonds. The normalized spacial score (nSPS) is 19.4. The zero-order chi connectivity index (χ0) is 8.81. The molecule has 0 aliphatic heterocycles. The van der Waals surface area contributed by atoms with Crippen LogP contribution in [0.3, 0.4) is 0 Å². The van der Waals surface area contributed by atoms with Gasteiger partial charge in [0.1, 0.15) is 0 Å². The van der Waals surface area contributed by atoms with Gasteiger partial charge in [-0.25, -0.2) is 0 Å². The van der Waals surface area contributed by atoms with Gasteiger partial charge in [-0.3, -0.25) is 4.79 Å². The Morgan fingerprint density at radius 2 is 2.00 bits per heavy atom. The summed E-state index contributed by atoms with van der Waals surface area (Å²) >= 11 is 0. The van der Waals surface area contributed by atoms with Gasteiger partial charge in [0.15, 0.2) is 0 Å². The molecule has 0 heterocycles. The van der Waals surface area contributed by atoms with Gasteiger partial charge in [-0.05, 0) is 40.2 Å². The van der Waals surface area contributed by atoms with E-state index in [9.17, 15) is 4.79 Å². The second-order valence-corrected chi connectivity index (χ2v) is 5.99. The van der Waals surface area contributed by atoms with Crippen LogP contribution in [-0.2, 0) is 4.79 Å². The van der Waals surface area contributed by atoms with Crippen molar-refractivity contribution in [1.82, 2.24) is 0 Å². The predicted molar refractivity (Wildman–Crippen MR) is 57.2 cm³/mol. The van der Waals surface area contributed by atoms with Crippen LogP contribution in [0, 0.1) is 5.92 Å². The van der Waals surface area contributed by atoms with Crippen molar-refractivity contribution in [2.45, 2.75) is 38.5 Å². The maximum atomic E-state index is 11.2. The van der Waals surface area contributed by atoms with Gasteiger partial charge in [0.05, 0.1) is 0 Å². The summed E-state index contributed by atoms with van der Waals surface area (Å²) < 4.78 is 0. The first kappa shape index (κ1) is 10.7. The molecular weight excluding hydrogens is 212 g/mol. The Bertz CT molecular complexity index is 146. The standard InChI is InChI=1S/C8H13ClOS2/c9-12-11-8(10)6-7-4-2-1-3-5-7/h7H,1-6H2. The van der Waals surface area contributed by atoms with Crippen molar-refractivity contribution in [2.24, 2.45) is 5.92 Å². The summed E-state index contributed by atoms with van der Waals surface area (Å²) in [7, 11) is 7.58. The molecule has 0 aromatic carbocycles. The van der Waals surface area contributed by atoms with Gasteiger partial charge in [-0.1, -0.05) is 19.3 Å². The van der Waals surface area contributed by atoms with E-state index in [0.29, 0.717) is 5.92 Å². The Kier molecular flexibility index (Phi) is 5.52. The second kappa shape index (κ2) is 6.17. The number of hydrogen-bond acceptors (Lipinski definition) is 3. The van der Waals surface area contributed by atoms with E-state index in [1.807, 2.05) is 0 Å². The van der Waals surface area contributed by atoms with E-state index in [4.69, 9.17) is 10.7 Å². The summed E-state index contributed by atoms with van der Waals surface area (Å²) in [5, 5.41) is 0.238. The zero-order valence-corrected chi connectivity index (χ0v) is 9.31. The highest BCUT2D eigenvalue weighted by Gasteiger charge is 2.17. The van der Waals surface area contributed by atoms with Gasteiger partial charge < -0.3 is 0 Å². The Balaban J connectivity index is 2.15. The van der Waals surface area contributed by atoms with Crippen LogP contribution < -0.4 is 0 Å². The molecule has 1 saturated carbocycles. The quantitative estimate of drug-likeness (QED) is 0.675. The molecule has 70 valence electrons. The van der Waals surface area contributed by atoms with Crippen molar-refractivity contribution >= 4 is 36.6 Å². The molecule has 0 aromatic heterocycles.